The average molecular weight is 347 g/mol. The van der Waals surface area contributed by atoms with Crippen molar-refractivity contribution < 1.29 is 18.0 Å². The zero-order chi connectivity index (χ0) is 17.9. The van der Waals surface area contributed by atoms with Crippen LogP contribution in [0.1, 0.15) is 51.2 Å². The summed E-state index contributed by atoms with van der Waals surface area (Å²) in [5.41, 5.74) is 0. The van der Waals surface area contributed by atoms with Gasteiger partial charge >= 0.3 is 6.18 Å². The van der Waals surface area contributed by atoms with Gasteiger partial charge in [-0.25, -0.2) is 0 Å². The van der Waals surface area contributed by atoms with Crippen molar-refractivity contribution in [1.29, 1.82) is 0 Å². The van der Waals surface area contributed by atoms with Gasteiger partial charge in [0.05, 0.1) is 12.6 Å². The van der Waals surface area contributed by atoms with Crippen molar-refractivity contribution in [2.45, 2.75) is 64.8 Å². The SMILES string of the molecule is CCN(CC)C(=O)[C@@H](C)NCc1nnc2n1CCC[C@@H]2C(F)(F)F. The summed E-state index contributed by atoms with van der Waals surface area (Å²) in [6.45, 7) is 7.48. The molecule has 0 saturated heterocycles. The third-order valence-corrected chi connectivity index (χ3v) is 4.45. The van der Waals surface area contributed by atoms with Crippen LogP contribution in [0.5, 0.6) is 0 Å². The third kappa shape index (κ3) is 3.88. The van der Waals surface area contributed by atoms with Crippen LogP contribution in [0.2, 0.25) is 0 Å². The Morgan fingerprint density at radius 3 is 2.62 bits per heavy atom. The number of nitrogens with zero attached hydrogens (tertiary/aromatic N) is 4. The van der Waals surface area contributed by atoms with Crippen LogP contribution in [0.15, 0.2) is 0 Å². The number of nitrogens with one attached hydrogen (secondary N) is 1. The van der Waals surface area contributed by atoms with Gasteiger partial charge in [-0.1, -0.05) is 0 Å². The fourth-order valence-electron chi connectivity index (χ4n) is 3.01. The summed E-state index contributed by atoms with van der Waals surface area (Å²) in [7, 11) is 0. The third-order valence-electron chi connectivity index (χ3n) is 4.45. The van der Waals surface area contributed by atoms with Crippen molar-refractivity contribution in [3.05, 3.63) is 11.6 Å². The van der Waals surface area contributed by atoms with E-state index in [0.717, 1.165) is 0 Å². The molecule has 0 fully saturated rings. The van der Waals surface area contributed by atoms with E-state index in [9.17, 15) is 18.0 Å². The van der Waals surface area contributed by atoms with E-state index in [1.54, 1.807) is 11.8 Å². The molecule has 9 heteroatoms. The second-order valence-electron chi connectivity index (χ2n) is 5.98. The molecule has 2 rings (SSSR count). The minimum atomic E-state index is -4.30. The molecule has 1 aromatic rings. The number of fused-ring (bicyclic) bond motifs is 1. The van der Waals surface area contributed by atoms with Gasteiger partial charge in [-0.2, -0.15) is 13.2 Å². The normalized spacial score (nSPS) is 19.0. The second-order valence-corrected chi connectivity index (χ2v) is 5.98. The molecule has 0 aromatic carbocycles. The molecule has 1 amide bonds. The second kappa shape index (κ2) is 7.50. The van der Waals surface area contributed by atoms with Gasteiger partial charge in [0, 0.05) is 19.6 Å². The van der Waals surface area contributed by atoms with E-state index in [0.29, 0.717) is 31.9 Å². The van der Waals surface area contributed by atoms with Gasteiger partial charge in [-0.3, -0.25) is 10.1 Å². The van der Waals surface area contributed by atoms with Crippen molar-refractivity contribution in [1.82, 2.24) is 25.0 Å². The fraction of sp³-hybridized carbons (Fsp3) is 0.800. The van der Waals surface area contributed by atoms with E-state index in [4.69, 9.17) is 0 Å². The highest BCUT2D eigenvalue weighted by molar-refractivity contribution is 5.81. The first-order valence-corrected chi connectivity index (χ1v) is 8.30. The first kappa shape index (κ1) is 18.7. The number of carbonyl (C=O) groups excluding carboxylic acids is 1. The molecule has 2 heterocycles. The lowest BCUT2D eigenvalue weighted by Gasteiger charge is -2.26. The minimum absolute atomic E-state index is 0.0201. The molecular weight excluding hydrogens is 323 g/mol. The highest BCUT2D eigenvalue weighted by atomic mass is 19.4. The summed E-state index contributed by atoms with van der Waals surface area (Å²) in [5, 5.41) is 10.7. The molecule has 2 atom stereocenters. The summed E-state index contributed by atoms with van der Waals surface area (Å²) in [6.07, 6.45) is -3.82. The van der Waals surface area contributed by atoms with E-state index in [1.165, 1.54) is 4.57 Å². The van der Waals surface area contributed by atoms with Gasteiger partial charge in [-0.05, 0) is 33.6 Å². The van der Waals surface area contributed by atoms with E-state index in [1.807, 2.05) is 13.8 Å². The molecule has 1 N–H and O–H groups in total. The molecule has 0 aliphatic carbocycles. The smallest absolute Gasteiger partial charge is 0.342 e. The standard InChI is InChI=1S/C15H24F3N5O/c1-4-22(5-2)14(24)10(3)19-9-12-20-21-13-11(15(16,17)18)7-6-8-23(12)13/h10-11,19H,4-9H2,1-3H3/t10-,11+/m1/s1. The molecule has 1 aliphatic rings. The Morgan fingerprint density at radius 2 is 2.04 bits per heavy atom. The predicted molar refractivity (Wildman–Crippen MR) is 82.3 cm³/mol. The fourth-order valence-corrected chi connectivity index (χ4v) is 3.01. The van der Waals surface area contributed by atoms with E-state index in [2.05, 4.69) is 15.5 Å². The van der Waals surface area contributed by atoms with Gasteiger partial charge < -0.3 is 9.47 Å². The quantitative estimate of drug-likeness (QED) is 0.856. The van der Waals surface area contributed by atoms with Crippen molar-refractivity contribution in [3.63, 3.8) is 0 Å². The Kier molecular flexibility index (Phi) is 5.84. The monoisotopic (exact) mass is 347 g/mol. The number of carbonyl (C=O) groups is 1. The zero-order valence-electron chi connectivity index (χ0n) is 14.2. The highest BCUT2D eigenvalue weighted by Crippen LogP contribution is 2.40. The van der Waals surface area contributed by atoms with Gasteiger partial charge in [0.1, 0.15) is 17.6 Å². The number of halogens is 3. The average Bonchev–Trinajstić information content (AvgIpc) is 2.95. The minimum Gasteiger partial charge on any atom is -0.342 e. The van der Waals surface area contributed by atoms with Gasteiger partial charge in [0.15, 0.2) is 0 Å². The molecule has 0 bridgehead atoms. The molecule has 0 unspecified atom stereocenters. The summed E-state index contributed by atoms with van der Waals surface area (Å²) in [5.74, 6) is -1.17. The van der Waals surface area contributed by atoms with Crippen LogP contribution in [0.25, 0.3) is 0 Å². The van der Waals surface area contributed by atoms with Crippen LogP contribution in [0.3, 0.4) is 0 Å². The van der Waals surface area contributed by atoms with Crippen molar-refractivity contribution in [3.8, 4) is 0 Å². The topological polar surface area (TPSA) is 63.1 Å². The first-order valence-electron chi connectivity index (χ1n) is 8.30. The van der Waals surface area contributed by atoms with Crippen LogP contribution in [0, 0.1) is 0 Å². The molecular formula is C15H24F3N5O. The lowest BCUT2D eigenvalue weighted by atomic mass is 9.98. The van der Waals surface area contributed by atoms with Crippen LogP contribution >= 0.6 is 0 Å². The Bertz CT molecular complexity index is 568. The van der Waals surface area contributed by atoms with Gasteiger partial charge in [-0.15, -0.1) is 10.2 Å². The predicted octanol–water partition coefficient (Wildman–Crippen LogP) is 2.06. The number of amides is 1. The van der Waals surface area contributed by atoms with E-state index >= 15 is 0 Å². The maximum Gasteiger partial charge on any atom is 0.398 e. The molecule has 0 spiro atoms. The van der Waals surface area contributed by atoms with Crippen molar-refractivity contribution in [2.75, 3.05) is 13.1 Å². The molecule has 24 heavy (non-hydrogen) atoms. The Hall–Kier alpha value is -1.64. The number of rotatable bonds is 6. The maximum absolute atomic E-state index is 13.1. The van der Waals surface area contributed by atoms with Crippen LogP contribution in [-0.4, -0.2) is 50.9 Å². The largest absolute Gasteiger partial charge is 0.398 e. The van der Waals surface area contributed by atoms with Crippen LogP contribution < -0.4 is 5.32 Å². The molecule has 6 nitrogen and oxygen atoms in total. The number of hydrogen-bond donors (Lipinski definition) is 1. The molecule has 136 valence electrons. The summed E-state index contributed by atoms with van der Waals surface area (Å²) in [6, 6.07) is -0.431. The van der Waals surface area contributed by atoms with E-state index < -0.39 is 18.1 Å². The summed E-state index contributed by atoms with van der Waals surface area (Å²) in [4.78, 5) is 13.9. The van der Waals surface area contributed by atoms with Crippen molar-refractivity contribution >= 4 is 5.91 Å². The van der Waals surface area contributed by atoms with E-state index in [-0.39, 0.29) is 24.7 Å². The highest BCUT2D eigenvalue weighted by Gasteiger charge is 2.45. The molecule has 1 aliphatic heterocycles. The number of aromatic nitrogens is 3. The zero-order valence-corrected chi connectivity index (χ0v) is 14.2. The van der Waals surface area contributed by atoms with Crippen LogP contribution in [0.4, 0.5) is 13.2 Å². The number of hydrogen-bond acceptors (Lipinski definition) is 4. The Balaban J connectivity index is 2.05. The molecule has 0 saturated carbocycles. The summed E-state index contributed by atoms with van der Waals surface area (Å²) < 4.78 is 40.7. The molecule has 0 radical (unpaired) electrons. The van der Waals surface area contributed by atoms with Crippen LogP contribution in [-0.2, 0) is 17.9 Å². The maximum atomic E-state index is 13.1. The lowest BCUT2D eigenvalue weighted by molar-refractivity contribution is -0.156. The first-order chi connectivity index (χ1) is 11.3. The van der Waals surface area contributed by atoms with Gasteiger partial charge in [0.2, 0.25) is 5.91 Å². The Labute approximate surface area is 139 Å². The Morgan fingerprint density at radius 1 is 1.38 bits per heavy atom. The molecule has 1 aromatic heterocycles. The number of likely N-dealkylation sites (N-methyl/N-ethyl adjacent to an activating group) is 1. The van der Waals surface area contributed by atoms with Crippen molar-refractivity contribution in [2.24, 2.45) is 0 Å². The lowest BCUT2D eigenvalue weighted by Crippen LogP contribution is -2.44. The summed E-state index contributed by atoms with van der Waals surface area (Å²) >= 11 is 0. The van der Waals surface area contributed by atoms with Gasteiger partial charge in [0.25, 0.3) is 0 Å². The number of alkyl halides is 3.